The number of nitrogens with one attached hydrogen (secondary N) is 2. The minimum atomic E-state index is -1.09. The maximum atomic E-state index is 13.5. The van der Waals surface area contributed by atoms with Crippen LogP contribution in [0, 0.1) is 5.92 Å². The predicted octanol–water partition coefficient (Wildman–Crippen LogP) is -0.299. The number of amides is 3. The first-order chi connectivity index (χ1) is 18.0. The maximum Gasteiger partial charge on any atom is 0.326 e. The van der Waals surface area contributed by atoms with Crippen LogP contribution in [0.15, 0.2) is 35.3 Å². The highest BCUT2D eigenvalue weighted by Crippen LogP contribution is 2.20. The molecule has 0 aliphatic carbocycles. The Morgan fingerprint density at radius 3 is 2.34 bits per heavy atom. The monoisotopic (exact) mass is 531 g/mol. The van der Waals surface area contributed by atoms with Crippen LogP contribution in [0.3, 0.4) is 0 Å². The van der Waals surface area contributed by atoms with Gasteiger partial charge in [-0.15, -0.1) is 0 Å². The number of benzene rings is 1. The van der Waals surface area contributed by atoms with Gasteiger partial charge in [-0.1, -0.05) is 44.2 Å². The number of carbonyl (C=O) groups excluding carboxylic acids is 3. The van der Waals surface area contributed by atoms with Crippen LogP contribution in [0.2, 0.25) is 0 Å². The Hall–Kier alpha value is -3.67. The van der Waals surface area contributed by atoms with Crippen LogP contribution in [0.1, 0.15) is 51.5 Å². The lowest BCUT2D eigenvalue weighted by Crippen LogP contribution is -2.57. The highest BCUT2D eigenvalue weighted by molar-refractivity contribution is 5.94. The minimum absolute atomic E-state index is 0.0919. The maximum absolute atomic E-state index is 13.5. The van der Waals surface area contributed by atoms with E-state index in [1.165, 1.54) is 4.90 Å². The Bertz CT molecular complexity index is 981. The molecule has 4 unspecified atom stereocenters. The fourth-order valence-electron chi connectivity index (χ4n) is 4.47. The number of aliphatic imine (C=N–C) groups is 1. The van der Waals surface area contributed by atoms with Gasteiger partial charge in [0.15, 0.2) is 5.96 Å². The lowest BCUT2D eigenvalue weighted by atomic mass is 10.0. The number of carboxylic acid groups (broad SMARTS) is 1. The van der Waals surface area contributed by atoms with Crippen molar-refractivity contribution < 1.29 is 24.3 Å². The van der Waals surface area contributed by atoms with Crippen LogP contribution in [-0.4, -0.2) is 76.9 Å². The van der Waals surface area contributed by atoms with Gasteiger partial charge in [0.05, 0.1) is 6.04 Å². The van der Waals surface area contributed by atoms with Crippen LogP contribution >= 0.6 is 0 Å². The summed E-state index contributed by atoms with van der Waals surface area (Å²) in [4.78, 5) is 56.6. The zero-order chi connectivity index (χ0) is 28.2. The second-order valence-electron chi connectivity index (χ2n) is 10.0. The topological polar surface area (TPSA) is 206 Å². The van der Waals surface area contributed by atoms with Gasteiger partial charge in [0, 0.05) is 19.5 Å². The molecule has 1 aliphatic rings. The second kappa shape index (κ2) is 14.9. The molecule has 3 amide bonds. The Morgan fingerprint density at radius 1 is 1.08 bits per heavy atom. The van der Waals surface area contributed by atoms with E-state index in [-0.39, 0.29) is 37.8 Å². The molecule has 4 atom stereocenters. The number of carbonyl (C=O) groups is 4. The number of rotatable bonds is 14. The van der Waals surface area contributed by atoms with E-state index in [1.807, 2.05) is 44.2 Å². The molecule has 0 saturated carbocycles. The van der Waals surface area contributed by atoms with Crippen molar-refractivity contribution in [1.29, 1.82) is 0 Å². The van der Waals surface area contributed by atoms with Crippen LogP contribution in [-0.2, 0) is 25.6 Å². The first-order valence-corrected chi connectivity index (χ1v) is 13.0. The third-order valence-corrected chi connectivity index (χ3v) is 6.36. The summed E-state index contributed by atoms with van der Waals surface area (Å²) < 4.78 is 0. The van der Waals surface area contributed by atoms with Crippen LogP contribution in [0.5, 0.6) is 0 Å². The largest absolute Gasteiger partial charge is 0.480 e. The summed E-state index contributed by atoms with van der Waals surface area (Å²) >= 11 is 0. The number of hydrogen-bond donors (Lipinski definition) is 6. The molecule has 1 heterocycles. The molecule has 0 bridgehead atoms. The molecule has 1 aromatic rings. The van der Waals surface area contributed by atoms with Crippen molar-refractivity contribution in [3.63, 3.8) is 0 Å². The Kier molecular flexibility index (Phi) is 12.0. The smallest absolute Gasteiger partial charge is 0.326 e. The fourth-order valence-corrected chi connectivity index (χ4v) is 4.47. The Morgan fingerprint density at radius 2 is 1.74 bits per heavy atom. The molecule has 9 N–H and O–H groups in total. The van der Waals surface area contributed by atoms with E-state index >= 15 is 0 Å². The van der Waals surface area contributed by atoms with Gasteiger partial charge >= 0.3 is 5.97 Å². The third kappa shape index (κ3) is 9.66. The van der Waals surface area contributed by atoms with Gasteiger partial charge in [-0.05, 0) is 43.6 Å². The van der Waals surface area contributed by atoms with E-state index in [2.05, 4.69) is 15.6 Å². The first-order valence-electron chi connectivity index (χ1n) is 13.0. The lowest BCUT2D eigenvalue weighted by molar-refractivity contribution is -0.149. The average Bonchev–Trinajstić information content (AvgIpc) is 3.35. The number of carboxylic acids is 1. The molecule has 0 radical (unpaired) electrons. The summed E-state index contributed by atoms with van der Waals surface area (Å²) in [6.07, 6.45) is 2.08. The normalized spacial score (nSPS) is 17.4. The van der Waals surface area contributed by atoms with E-state index < -0.39 is 47.9 Å². The van der Waals surface area contributed by atoms with Crippen molar-refractivity contribution in [1.82, 2.24) is 15.5 Å². The summed E-state index contributed by atoms with van der Waals surface area (Å²) in [5.74, 6) is -2.51. The number of hydrogen-bond acceptors (Lipinski definition) is 6. The number of nitrogens with zero attached hydrogens (tertiary/aromatic N) is 2. The highest BCUT2D eigenvalue weighted by Gasteiger charge is 2.38. The molecule has 0 aromatic heterocycles. The quantitative estimate of drug-likeness (QED) is 0.106. The van der Waals surface area contributed by atoms with Crippen molar-refractivity contribution >= 4 is 29.7 Å². The van der Waals surface area contributed by atoms with Gasteiger partial charge in [0.1, 0.15) is 18.1 Å². The fraction of sp³-hybridized carbons (Fsp3) is 0.577. The molecule has 12 heteroatoms. The minimum Gasteiger partial charge on any atom is -0.480 e. The molecule has 0 spiro atoms. The molecular formula is C26H41N7O5. The Balaban J connectivity index is 2.24. The van der Waals surface area contributed by atoms with Crippen molar-refractivity contribution in [3.8, 4) is 0 Å². The van der Waals surface area contributed by atoms with E-state index in [0.717, 1.165) is 5.56 Å². The van der Waals surface area contributed by atoms with Crippen molar-refractivity contribution in [2.75, 3.05) is 13.1 Å². The number of likely N-dealkylation sites (tertiary alicyclic amines) is 1. The van der Waals surface area contributed by atoms with Crippen molar-refractivity contribution in [2.45, 2.75) is 76.5 Å². The SMILES string of the molecule is CC(C)CC(N)C(=O)NC(Cc1ccccc1)C(=O)NC(CCCN=C(N)N)C(=O)N1CCCC1C(=O)O. The standard InChI is InChI=1S/C26H41N7O5/c1-16(2)14-18(27)22(34)32-20(15-17-8-4-3-5-9-17)23(35)31-19(10-6-12-30-26(28)29)24(36)33-13-7-11-21(33)25(37)38/h3-5,8-9,16,18-21H,6-7,10-15,27H2,1-2H3,(H,31,35)(H,32,34)(H,37,38)(H4,28,29,30). The van der Waals surface area contributed by atoms with Crippen LogP contribution in [0.25, 0.3) is 0 Å². The predicted molar refractivity (Wildman–Crippen MR) is 144 cm³/mol. The van der Waals surface area contributed by atoms with Gasteiger partial charge in [-0.3, -0.25) is 19.4 Å². The van der Waals surface area contributed by atoms with Gasteiger partial charge in [-0.2, -0.15) is 0 Å². The van der Waals surface area contributed by atoms with E-state index in [9.17, 15) is 24.3 Å². The molecule has 1 aromatic carbocycles. The van der Waals surface area contributed by atoms with Gasteiger partial charge < -0.3 is 37.8 Å². The number of nitrogens with two attached hydrogens (primary N) is 3. The van der Waals surface area contributed by atoms with Gasteiger partial charge in [-0.25, -0.2) is 4.79 Å². The van der Waals surface area contributed by atoms with Gasteiger partial charge in [0.25, 0.3) is 0 Å². The molecule has 210 valence electrons. The van der Waals surface area contributed by atoms with Crippen molar-refractivity contribution in [3.05, 3.63) is 35.9 Å². The van der Waals surface area contributed by atoms with Gasteiger partial charge in [0.2, 0.25) is 17.7 Å². The summed E-state index contributed by atoms with van der Waals surface area (Å²) in [5.41, 5.74) is 17.6. The summed E-state index contributed by atoms with van der Waals surface area (Å²) in [7, 11) is 0. The van der Waals surface area contributed by atoms with Crippen LogP contribution in [0.4, 0.5) is 0 Å². The molecule has 1 aliphatic heterocycles. The lowest BCUT2D eigenvalue weighted by Gasteiger charge is -2.29. The van der Waals surface area contributed by atoms with E-state index in [4.69, 9.17) is 17.2 Å². The third-order valence-electron chi connectivity index (χ3n) is 6.36. The van der Waals surface area contributed by atoms with E-state index in [0.29, 0.717) is 25.7 Å². The first kappa shape index (κ1) is 30.6. The van der Waals surface area contributed by atoms with Crippen molar-refractivity contribution in [2.24, 2.45) is 28.1 Å². The zero-order valence-corrected chi connectivity index (χ0v) is 22.1. The molecule has 38 heavy (non-hydrogen) atoms. The molecule has 12 nitrogen and oxygen atoms in total. The average molecular weight is 532 g/mol. The number of guanidine groups is 1. The molecule has 2 rings (SSSR count). The van der Waals surface area contributed by atoms with Crippen LogP contribution < -0.4 is 27.8 Å². The molecule has 1 fully saturated rings. The highest BCUT2D eigenvalue weighted by atomic mass is 16.4. The second-order valence-corrected chi connectivity index (χ2v) is 10.0. The summed E-state index contributed by atoms with van der Waals surface area (Å²) in [6.45, 7) is 4.41. The molecule has 1 saturated heterocycles. The summed E-state index contributed by atoms with van der Waals surface area (Å²) in [5, 5.41) is 15.1. The zero-order valence-electron chi connectivity index (χ0n) is 22.1. The number of aliphatic carboxylic acids is 1. The molecular weight excluding hydrogens is 490 g/mol. The Labute approximate surface area is 223 Å². The summed E-state index contributed by atoms with van der Waals surface area (Å²) in [6, 6.07) is 5.40. The van der Waals surface area contributed by atoms with E-state index in [1.54, 1.807) is 0 Å².